The molecular formula is C12H16F2N2S. The summed E-state index contributed by atoms with van der Waals surface area (Å²) in [6, 6.07) is 0.899. The van der Waals surface area contributed by atoms with Crippen molar-refractivity contribution < 1.29 is 8.78 Å². The van der Waals surface area contributed by atoms with E-state index in [9.17, 15) is 8.78 Å². The maximum atomic E-state index is 13.5. The number of aromatic nitrogens is 1. The van der Waals surface area contributed by atoms with Gasteiger partial charge in [0.25, 0.3) is 0 Å². The van der Waals surface area contributed by atoms with Crippen LogP contribution in [0, 0.1) is 17.6 Å². The van der Waals surface area contributed by atoms with Crippen molar-refractivity contribution in [3.8, 4) is 0 Å². The van der Waals surface area contributed by atoms with Crippen LogP contribution in [0.25, 0.3) is 0 Å². The fourth-order valence-electron chi connectivity index (χ4n) is 2.10. The summed E-state index contributed by atoms with van der Waals surface area (Å²) < 4.78 is 26.7. The molecule has 0 bridgehead atoms. The van der Waals surface area contributed by atoms with Gasteiger partial charge < -0.3 is 5.32 Å². The van der Waals surface area contributed by atoms with Crippen LogP contribution in [0.5, 0.6) is 0 Å². The molecule has 0 saturated heterocycles. The molecule has 94 valence electrons. The largest absolute Gasteiger partial charge is 0.371 e. The number of halogens is 2. The monoisotopic (exact) mass is 258 g/mol. The maximum absolute atomic E-state index is 13.5. The van der Waals surface area contributed by atoms with E-state index in [1.807, 2.05) is 0 Å². The Balaban J connectivity index is 2.03. The Hall–Kier alpha value is -0.840. The van der Waals surface area contributed by atoms with Gasteiger partial charge in [-0.2, -0.15) is 0 Å². The normalized spacial score (nSPS) is 16.4. The average Bonchev–Trinajstić information content (AvgIpc) is 2.81. The lowest BCUT2D eigenvalue weighted by molar-refractivity contribution is 0.550. The molecule has 0 unspecified atom stereocenters. The minimum atomic E-state index is -0.643. The van der Waals surface area contributed by atoms with E-state index in [1.165, 1.54) is 37.4 Å². The lowest BCUT2D eigenvalue weighted by Crippen LogP contribution is -2.02. The van der Waals surface area contributed by atoms with Gasteiger partial charge in [0.15, 0.2) is 17.5 Å². The molecule has 1 aromatic heterocycles. The molecule has 1 aliphatic rings. The number of rotatable bonds is 4. The maximum Gasteiger partial charge on any atom is 0.168 e. The van der Waals surface area contributed by atoms with Crippen LogP contribution in [0.15, 0.2) is 11.1 Å². The van der Waals surface area contributed by atoms with Crippen LogP contribution in [-0.2, 0) is 0 Å². The van der Waals surface area contributed by atoms with E-state index in [0.717, 1.165) is 11.8 Å². The topological polar surface area (TPSA) is 24.9 Å². The second-order valence-corrected chi connectivity index (χ2v) is 5.33. The highest BCUT2D eigenvalue weighted by Gasteiger charge is 2.17. The van der Waals surface area contributed by atoms with Crippen molar-refractivity contribution in [3.63, 3.8) is 0 Å². The summed E-state index contributed by atoms with van der Waals surface area (Å²) in [6.07, 6.45) is 4.97. The molecule has 0 spiro atoms. The summed E-state index contributed by atoms with van der Waals surface area (Å²) >= 11 is 1.39. The summed E-state index contributed by atoms with van der Waals surface area (Å²) in [4.78, 5) is 3.95. The molecule has 17 heavy (non-hydrogen) atoms. The Kier molecular flexibility index (Phi) is 4.20. The van der Waals surface area contributed by atoms with Crippen LogP contribution in [-0.4, -0.2) is 17.8 Å². The van der Waals surface area contributed by atoms with E-state index in [1.54, 1.807) is 7.05 Å². The van der Waals surface area contributed by atoms with Crippen LogP contribution in [0.1, 0.15) is 25.7 Å². The Morgan fingerprint density at radius 3 is 2.71 bits per heavy atom. The Morgan fingerprint density at radius 1 is 1.35 bits per heavy atom. The van der Waals surface area contributed by atoms with Gasteiger partial charge in [-0.15, -0.1) is 11.8 Å². The second kappa shape index (κ2) is 5.67. The number of nitrogens with zero attached hydrogens (tertiary/aromatic N) is 1. The summed E-state index contributed by atoms with van der Waals surface area (Å²) in [5.41, 5.74) is 0. The first-order chi connectivity index (χ1) is 8.20. The number of nitrogens with one attached hydrogen (secondary N) is 1. The van der Waals surface area contributed by atoms with Gasteiger partial charge in [0.05, 0.1) is 0 Å². The fraction of sp³-hybridized carbons (Fsp3) is 0.583. The first kappa shape index (κ1) is 12.6. The minimum absolute atomic E-state index is 0.111. The van der Waals surface area contributed by atoms with Crippen molar-refractivity contribution in [1.82, 2.24) is 4.98 Å². The molecule has 0 radical (unpaired) electrons. The van der Waals surface area contributed by atoms with Crippen LogP contribution >= 0.6 is 11.8 Å². The highest BCUT2D eigenvalue weighted by atomic mass is 32.2. The van der Waals surface area contributed by atoms with E-state index in [4.69, 9.17) is 0 Å². The summed E-state index contributed by atoms with van der Waals surface area (Å²) in [6.45, 7) is 0. The van der Waals surface area contributed by atoms with Gasteiger partial charge in [0.1, 0.15) is 5.03 Å². The van der Waals surface area contributed by atoms with E-state index in [2.05, 4.69) is 10.3 Å². The summed E-state index contributed by atoms with van der Waals surface area (Å²) in [5.74, 6) is 0.433. The summed E-state index contributed by atoms with van der Waals surface area (Å²) in [7, 11) is 1.58. The highest BCUT2D eigenvalue weighted by Crippen LogP contribution is 2.32. The van der Waals surface area contributed by atoms with E-state index >= 15 is 0 Å². The van der Waals surface area contributed by atoms with Crippen LogP contribution in [0.3, 0.4) is 0 Å². The van der Waals surface area contributed by atoms with Crippen LogP contribution < -0.4 is 5.32 Å². The Labute approximate surface area is 104 Å². The van der Waals surface area contributed by atoms with Crippen molar-refractivity contribution >= 4 is 17.6 Å². The lowest BCUT2D eigenvalue weighted by Gasteiger charge is -2.09. The zero-order valence-electron chi connectivity index (χ0n) is 9.80. The third-order valence-electron chi connectivity index (χ3n) is 3.06. The molecule has 0 aliphatic heterocycles. The number of anilines is 1. The zero-order valence-corrected chi connectivity index (χ0v) is 10.6. The first-order valence-electron chi connectivity index (χ1n) is 5.87. The van der Waals surface area contributed by atoms with Crippen LogP contribution in [0.2, 0.25) is 0 Å². The van der Waals surface area contributed by atoms with Crippen LogP contribution in [0.4, 0.5) is 14.6 Å². The third kappa shape index (κ3) is 3.09. The smallest absolute Gasteiger partial charge is 0.168 e. The standard InChI is InChI=1S/C12H16F2N2S/c1-15-11-9(13)6-10(14)12(16-11)17-7-8-4-2-3-5-8/h6,8H,2-5,7H2,1H3,(H,15,16). The SMILES string of the molecule is CNc1nc(SCC2CCCC2)c(F)cc1F. The average molecular weight is 258 g/mol. The zero-order chi connectivity index (χ0) is 12.3. The number of hydrogen-bond acceptors (Lipinski definition) is 3. The first-order valence-corrected chi connectivity index (χ1v) is 6.86. The number of thioether (sulfide) groups is 1. The van der Waals surface area contributed by atoms with E-state index in [0.29, 0.717) is 10.9 Å². The predicted molar refractivity (Wildman–Crippen MR) is 66.4 cm³/mol. The van der Waals surface area contributed by atoms with Gasteiger partial charge in [0.2, 0.25) is 0 Å². The second-order valence-electron chi connectivity index (χ2n) is 4.32. The van der Waals surface area contributed by atoms with Gasteiger partial charge in [0, 0.05) is 18.9 Å². The van der Waals surface area contributed by atoms with E-state index in [-0.39, 0.29) is 5.82 Å². The molecule has 1 saturated carbocycles. The molecule has 1 fully saturated rings. The molecule has 2 nitrogen and oxygen atoms in total. The van der Waals surface area contributed by atoms with Crippen molar-refractivity contribution in [2.45, 2.75) is 30.7 Å². The number of hydrogen-bond donors (Lipinski definition) is 1. The molecule has 2 rings (SSSR count). The summed E-state index contributed by atoms with van der Waals surface area (Å²) in [5, 5.41) is 2.92. The molecule has 0 atom stereocenters. The molecule has 1 aliphatic carbocycles. The van der Waals surface area contributed by atoms with Crippen molar-refractivity contribution in [2.75, 3.05) is 18.1 Å². The predicted octanol–water partition coefficient (Wildman–Crippen LogP) is 3.68. The molecule has 5 heteroatoms. The Morgan fingerprint density at radius 2 is 2.06 bits per heavy atom. The van der Waals surface area contributed by atoms with Gasteiger partial charge in [-0.1, -0.05) is 12.8 Å². The molecule has 1 N–H and O–H groups in total. The third-order valence-corrected chi connectivity index (χ3v) is 4.26. The highest BCUT2D eigenvalue weighted by molar-refractivity contribution is 7.99. The van der Waals surface area contributed by atoms with Gasteiger partial charge in [-0.3, -0.25) is 0 Å². The van der Waals surface area contributed by atoms with Gasteiger partial charge >= 0.3 is 0 Å². The lowest BCUT2D eigenvalue weighted by atomic mass is 10.1. The number of pyridine rings is 1. The van der Waals surface area contributed by atoms with Crippen molar-refractivity contribution in [2.24, 2.45) is 5.92 Å². The molecule has 1 aromatic rings. The Bertz CT molecular complexity index is 392. The quantitative estimate of drug-likeness (QED) is 0.834. The van der Waals surface area contributed by atoms with Crippen molar-refractivity contribution in [1.29, 1.82) is 0 Å². The minimum Gasteiger partial charge on any atom is -0.371 e. The van der Waals surface area contributed by atoms with E-state index < -0.39 is 11.6 Å². The van der Waals surface area contributed by atoms with Crippen molar-refractivity contribution in [3.05, 3.63) is 17.7 Å². The van der Waals surface area contributed by atoms with Gasteiger partial charge in [-0.25, -0.2) is 13.8 Å². The molecule has 0 amide bonds. The fourth-order valence-corrected chi connectivity index (χ4v) is 3.18. The van der Waals surface area contributed by atoms with Gasteiger partial charge in [-0.05, 0) is 18.8 Å². The molecule has 1 heterocycles. The molecular weight excluding hydrogens is 242 g/mol. The molecule has 0 aromatic carbocycles.